The first-order chi connectivity index (χ1) is 4.24. The average Bonchev–Trinajstić information content (AvgIpc) is 2.10. The van der Waals surface area contributed by atoms with Crippen LogP contribution in [0, 0.1) is 5.77 Å². The molecule has 0 unspecified atom stereocenters. The number of rotatable bonds is 1. The minimum absolute atomic E-state index is 0.810. The lowest BCUT2D eigenvalue weighted by molar-refractivity contribution is 0.112. The first-order valence-electron chi connectivity index (χ1n) is 2.14. The van der Waals surface area contributed by atoms with E-state index in [-0.39, 0.29) is 0 Å². The zero-order valence-electron chi connectivity index (χ0n) is 4.23. The molecular weight excluding hydrogens is 362 g/mol. The molecule has 1 aromatic heterocycles. The van der Waals surface area contributed by atoms with Gasteiger partial charge in [-0.2, -0.15) is 0 Å². The second-order valence-corrected chi connectivity index (χ2v) is 6.15. The zero-order chi connectivity index (χ0) is 6.85. The number of hydrogen-bond acceptors (Lipinski definition) is 2. The molecule has 1 heterocycles. The lowest BCUT2D eigenvalue weighted by atomic mass is 10.4. The van der Waals surface area contributed by atoms with E-state index in [2.05, 4.69) is 45.2 Å². The first kappa shape index (κ1) is 7.93. The average molecular weight is 364 g/mol. The van der Waals surface area contributed by atoms with Crippen LogP contribution in [0.2, 0.25) is 0 Å². The van der Waals surface area contributed by atoms with Gasteiger partial charge in [0.05, 0.1) is 5.77 Å². The molecule has 0 saturated carbocycles. The van der Waals surface area contributed by atoms with E-state index >= 15 is 0 Å². The molecule has 9 heavy (non-hydrogen) atoms. The van der Waals surface area contributed by atoms with Gasteiger partial charge in [-0.05, 0) is 51.2 Å². The maximum atomic E-state index is 10.2. The van der Waals surface area contributed by atoms with Gasteiger partial charge in [0, 0.05) is 5.56 Å². The SMILES string of the molecule is O=Cc1cc(I)sc1I. The van der Waals surface area contributed by atoms with Gasteiger partial charge in [-0.25, -0.2) is 0 Å². The number of carbonyl (C=O) groups excluding carboxylic acids is 1. The second kappa shape index (κ2) is 3.29. The standard InChI is InChI=1S/C5H2I2OS/c6-4-1-3(2-8)5(7)9-4/h1-2H. The van der Waals surface area contributed by atoms with Crippen molar-refractivity contribution in [1.82, 2.24) is 0 Å². The summed E-state index contributed by atoms with van der Waals surface area (Å²) >= 11 is 6.00. The largest absolute Gasteiger partial charge is 0.298 e. The normalized spacial score (nSPS) is 9.56. The summed E-state index contributed by atoms with van der Waals surface area (Å²) in [4.78, 5) is 10.2. The van der Waals surface area contributed by atoms with Crippen molar-refractivity contribution in [3.05, 3.63) is 17.4 Å². The maximum absolute atomic E-state index is 10.2. The van der Waals surface area contributed by atoms with Gasteiger partial charge in [0.2, 0.25) is 0 Å². The summed E-state index contributed by atoms with van der Waals surface area (Å²) in [7, 11) is 0. The Morgan fingerprint density at radius 3 is 2.44 bits per heavy atom. The molecule has 0 aromatic carbocycles. The van der Waals surface area contributed by atoms with E-state index in [4.69, 9.17) is 0 Å². The fourth-order valence-electron chi connectivity index (χ4n) is 0.433. The molecule has 48 valence electrons. The van der Waals surface area contributed by atoms with Crippen molar-refractivity contribution in [1.29, 1.82) is 0 Å². The van der Waals surface area contributed by atoms with E-state index in [1.807, 2.05) is 6.07 Å². The Bertz CT molecular complexity index is 231. The highest BCUT2D eigenvalue weighted by Crippen LogP contribution is 2.23. The van der Waals surface area contributed by atoms with E-state index < -0.39 is 0 Å². The molecule has 0 bridgehead atoms. The van der Waals surface area contributed by atoms with Crippen molar-refractivity contribution in [3.8, 4) is 0 Å². The summed E-state index contributed by atoms with van der Waals surface area (Å²) in [5.74, 6) is 0. The summed E-state index contributed by atoms with van der Waals surface area (Å²) in [6, 6.07) is 1.89. The molecule has 0 N–H and O–H groups in total. The Morgan fingerprint density at radius 2 is 2.22 bits per heavy atom. The summed E-state index contributed by atoms with van der Waals surface area (Å²) < 4.78 is 2.24. The topological polar surface area (TPSA) is 17.1 Å². The number of carbonyl (C=O) groups is 1. The van der Waals surface area contributed by atoms with Gasteiger partial charge in [-0.15, -0.1) is 11.3 Å². The molecule has 0 fully saturated rings. The maximum Gasteiger partial charge on any atom is 0.152 e. The zero-order valence-corrected chi connectivity index (χ0v) is 9.36. The molecule has 0 saturated heterocycles. The summed E-state index contributed by atoms with van der Waals surface area (Å²) in [5, 5.41) is 0. The van der Waals surface area contributed by atoms with Crippen LogP contribution in [-0.4, -0.2) is 6.29 Å². The van der Waals surface area contributed by atoms with Crippen molar-refractivity contribution in [2.45, 2.75) is 0 Å². The van der Waals surface area contributed by atoms with E-state index in [9.17, 15) is 4.79 Å². The fourth-order valence-corrected chi connectivity index (χ4v) is 4.27. The molecule has 1 rings (SSSR count). The highest BCUT2D eigenvalue weighted by molar-refractivity contribution is 14.1. The lowest BCUT2D eigenvalue weighted by Crippen LogP contribution is -1.73. The predicted molar refractivity (Wildman–Crippen MR) is 55.1 cm³/mol. The quantitative estimate of drug-likeness (QED) is 0.554. The van der Waals surface area contributed by atoms with Crippen LogP contribution in [0.4, 0.5) is 0 Å². The van der Waals surface area contributed by atoms with Crippen LogP contribution in [0.3, 0.4) is 0 Å². The minimum Gasteiger partial charge on any atom is -0.298 e. The van der Waals surface area contributed by atoms with Gasteiger partial charge in [-0.3, -0.25) is 4.79 Å². The van der Waals surface area contributed by atoms with Gasteiger partial charge in [0.1, 0.15) is 0 Å². The fraction of sp³-hybridized carbons (Fsp3) is 0. The Hall–Kier alpha value is 0.830. The van der Waals surface area contributed by atoms with Crippen molar-refractivity contribution in [2.24, 2.45) is 0 Å². The summed E-state index contributed by atoms with van der Waals surface area (Å²) in [6.07, 6.45) is 0.889. The van der Waals surface area contributed by atoms with E-state index in [0.29, 0.717) is 0 Å². The van der Waals surface area contributed by atoms with Crippen LogP contribution in [0.15, 0.2) is 6.07 Å². The van der Waals surface area contributed by atoms with Crippen LogP contribution in [0.25, 0.3) is 0 Å². The van der Waals surface area contributed by atoms with Crippen LogP contribution in [-0.2, 0) is 0 Å². The Balaban J connectivity index is 3.15. The highest BCUT2D eigenvalue weighted by atomic mass is 127. The molecule has 0 atom stereocenters. The number of halogens is 2. The third kappa shape index (κ3) is 1.87. The molecule has 4 heteroatoms. The van der Waals surface area contributed by atoms with Crippen LogP contribution in [0.1, 0.15) is 10.4 Å². The summed E-state index contributed by atoms with van der Waals surface area (Å²) in [6.45, 7) is 0. The van der Waals surface area contributed by atoms with Crippen LogP contribution < -0.4 is 0 Å². The van der Waals surface area contributed by atoms with E-state index in [1.54, 1.807) is 11.3 Å². The molecule has 0 aliphatic rings. The minimum atomic E-state index is 0.810. The molecule has 0 amide bonds. The molecule has 0 aliphatic carbocycles. The molecule has 0 radical (unpaired) electrons. The van der Waals surface area contributed by atoms with Gasteiger partial charge < -0.3 is 0 Å². The third-order valence-corrected chi connectivity index (χ3v) is 3.79. The monoisotopic (exact) mass is 364 g/mol. The Morgan fingerprint density at radius 1 is 1.56 bits per heavy atom. The molecular formula is C5H2I2OS. The molecule has 1 aromatic rings. The lowest BCUT2D eigenvalue weighted by Gasteiger charge is -1.76. The number of hydrogen-bond donors (Lipinski definition) is 0. The number of thiophene rings is 1. The van der Waals surface area contributed by atoms with Crippen LogP contribution >= 0.6 is 56.5 Å². The Labute approximate surface area is 84.1 Å². The van der Waals surface area contributed by atoms with E-state index in [1.165, 1.54) is 2.88 Å². The van der Waals surface area contributed by atoms with Gasteiger partial charge in [0.25, 0.3) is 0 Å². The Kier molecular flexibility index (Phi) is 2.90. The van der Waals surface area contributed by atoms with Crippen LogP contribution in [0.5, 0.6) is 0 Å². The second-order valence-electron chi connectivity index (χ2n) is 1.40. The smallest absolute Gasteiger partial charge is 0.152 e. The molecule has 0 aliphatic heterocycles. The first-order valence-corrected chi connectivity index (χ1v) is 5.11. The third-order valence-electron chi connectivity index (χ3n) is 0.810. The summed E-state index contributed by atoms with van der Waals surface area (Å²) in [5.41, 5.74) is 0.810. The van der Waals surface area contributed by atoms with E-state index in [0.717, 1.165) is 14.7 Å². The van der Waals surface area contributed by atoms with Gasteiger partial charge in [-0.1, -0.05) is 0 Å². The highest BCUT2D eigenvalue weighted by Gasteiger charge is 2.01. The number of aldehydes is 1. The predicted octanol–water partition coefficient (Wildman–Crippen LogP) is 2.77. The van der Waals surface area contributed by atoms with Crippen molar-refractivity contribution >= 4 is 62.8 Å². The van der Waals surface area contributed by atoms with Gasteiger partial charge in [0.15, 0.2) is 6.29 Å². The van der Waals surface area contributed by atoms with Crippen molar-refractivity contribution in [2.75, 3.05) is 0 Å². The van der Waals surface area contributed by atoms with Crippen molar-refractivity contribution < 1.29 is 4.79 Å². The molecule has 0 spiro atoms. The van der Waals surface area contributed by atoms with Gasteiger partial charge >= 0.3 is 0 Å². The van der Waals surface area contributed by atoms with Crippen molar-refractivity contribution in [3.63, 3.8) is 0 Å². The molecule has 1 nitrogen and oxygen atoms in total.